The molecule has 0 aromatic carbocycles. The lowest BCUT2D eigenvalue weighted by atomic mass is 10.1. The summed E-state index contributed by atoms with van der Waals surface area (Å²) in [6, 6.07) is 0. The number of piperidine rings is 1. The monoisotopic (exact) mass is 334 g/mol. The fourth-order valence-corrected chi connectivity index (χ4v) is 3.15. The Labute approximate surface area is 142 Å². The molecule has 3 rings (SSSR count). The number of amides is 1. The van der Waals surface area contributed by atoms with Gasteiger partial charge >= 0.3 is 0 Å². The molecule has 1 aromatic heterocycles. The molecule has 1 amide bonds. The first-order chi connectivity index (χ1) is 11.7. The molecule has 2 aliphatic heterocycles. The number of nitrogens with one attached hydrogen (secondary N) is 1. The van der Waals surface area contributed by atoms with E-state index in [2.05, 4.69) is 20.2 Å². The van der Waals surface area contributed by atoms with Crippen molar-refractivity contribution < 1.29 is 14.3 Å². The zero-order valence-electron chi connectivity index (χ0n) is 14.2. The molecule has 0 saturated carbocycles. The van der Waals surface area contributed by atoms with Crippen LogP contribution in [0.1, 0.15) is 31.4 Å². The van der Waals surface area contributed by atoms with Gasteiger partial charge in [-0.2, -0.15) is 0 Å². The number of nitrogens with zero attached hydrogens (tertiary/aromatic N) is 3. The van der Waals surface area contributed by atoms with Crippen LogP contribution in [-0.4, -0.2) is 65.8 Å². The zero-order chi connectivity index (χ0) is 16.8. The second kappa shape index (κ2) is 8.39. The van der Waals surface area contributed by atoms with E-state index in [-0.39, 0.29) is 18.1 Å². The van der Waals surface area contributed by atoms with Crippen molar-refractivity contribution in [1.82, 2.24) is 20.2 Å². The maximum absolute atomic E-state index is 12.0. The summed E-state index contributed by atoms with van der Waals surface area (Å²) in [4.78, 5) is 22.6. The highest BCUT2D eigenvalue weighted by molar-refractivity contribution is 5.78. The molecule has 3 heterocycles. The lowest BCUT2D eigenvalue weighted by molar-refractivity contribution is -0.123. The maximum atomic E-state index is 12.0. The first kappa shape index (κ1) is 17.1. The lowest BCUT2D eigenvalue weighted by Crippen LogP contribution is -2.45. The number of ether oxygens (including phenoxy) is 2. The Balaban J connectivity index is 1.34. The van der Waals surface area contributed by atoms with Gasteiger partial charge in [-0.3, -0.25) is 14.7 Å². The minimum atomic E-state index is 0.0782. The van der Waals surface area contributed by atoms with E-state index >= 15 is 0 Å². The smallest absolute Gasteiger partial charge is 0.234 e. The Morgan fingerprint density at radius 3 is 2.92 bits per heavy atom. The van der Waals surface area contributed by atoms with Gasteiger partial charge in [0.2, 0.25) is 11.8 Å². The summed E-state index contributed by atoms with van der Waals surface area (Å²) < 4.78 is 11.4. The molecule has 1 atom stereocenters. The molecule has 7 heteroatoms. The summed E-state index contributed by atoms with van der Waals surface area (Å²) in [5, 5.41) is 2.97. The van der Waals surface area contributed by atoms with Crippen LogP contribution in [0.3, 0.4) is 0 Å². The van der Waals surface area contributed by atoms with Crippen LogP contribution in [0.15, 0.2) is 12.4 Å². The predicted molar refractivity (Wildman–Crippen MR) is 88.8 cm³/mol. The van der Waals surface area contributed by atoms with E-state index in [0.717, 1.165) is 51.1 Å². The average molecular weight is 334 g/mol. The topological polar surface area (TPSA) is 76.6 Å². The number of carbonyl (C=O) groups is 1. The van der Waals surface area contributed by atoms with Crippen LogP contribution >= 0.6 is 0 Å². The molecule has 0 bridgehead atoms. The normalized spacial score (nSPS) is 22.5. The second-order valence-corrected chi connectivity index (χ2v) is 6.53. The lowest BCUT2D eigenvalue weighted by Gasteiger charge is -2.31. The van der Waals surface area contributed by atoms with E-state index < -0.39 is 0 Å². The summed E-state index contributed by atoms with van der Waals surface area (Å²) in [6.07, 6.45) is 7.65. The third kappa shape index (κ3) is 5.14. The fourth-order valence-electron chi connectivity index (χ4n) is 3.15. The highest BCUT2D eigenvalue weighted by atomic mass is 16.5. The van der Waals surface area contributed by atoms with Crippen molar-refractivity contribution in [3.8, 4) is 5.88 Å². The van der Waals surface area contributed by atoms with Gasteiger partial charge < -0.3 is 14.8 Å². The number of aryl methyl sites for hydroxylation is 1. The second-order valence-electron chi connectivity index (χ2n) is 6.53. The number of hydrogen-bond acceptors (Lipinski definition) is 6. The first-order valence-electron chi connectivity index (χ1n) is 8.75. The number of likely N-dealkylation sites (tertiary alicyclic amines) is 1. The predicted octanol–water partition coefficient (Wildman–Crippen LogP) is 0.923. The summed E-state index contributed by atoms with van der Waals surface area (Å²) in [6.45, 7) is 5.51. The number of aromatic nitrogens is 2. The Bertz CT molecular complexity index is 540. The molecular formula is C17H26N4O3. The van der Waals surface area contributed by atoms with E-state index in [0.29, 0.717) is 19.0 Å². The molecule has 132 valence electrons. The molecule has 1 unspecified atom stereocenters. The summed E-state index contributed by atoms with van der Waals surface area (Å²) in [7, 11) is 0. The van der Waals surface area contributed by atoms with Crippen molar-refractivity contribution in [3.63, 3.8) is 0 Å². The van der Waals surface area contributed by atoms with Crippen molar-refractivity contribution >= 4 is 5.91 Å². The molecular weight excluding hydrogens is 308 g/mol. The van der Waals surface area contributed by atoms with Gasteiger partial charge in [-0.05, 0) is 32.6 Å². The van der Waals surface area contributed by atoms with E-state index in [4.69, 9.17) is 9.47 Å². The standard InChI is InChI=1S/C17H26N4O3/c1-13-9-18-11-17(20-13)24-14-4-6-21(7-5-14)12-16(22)19-10-15-3-2-8-23-15/h9,11,14-15H,2-8,10,12H2,1H3,(H,19,22). The third-order valence-corrected chi connectivity index (χ3v) is 4.47. The molecule has 2 aliphatic rings. The molecule has 0 aliphatic carbocycles. The van der Waals surface area contributed by atoms with E-state index in [1.165, 1.54) is 0 Å². The third-order valence-electron chi connectivity index (χ3n) is 4.47. The van der Waals surface area contributed by atoms with Crippen molar-refractivity contribution in [2.45, 2.75) is 44.8 Å². The van der Waals surface area contributed by atoms with Crippen LogP contribution in [0.2, 0.25) is 0 Å². The molecule has 1 aromatic rings. The number of carbonyl (C=O) groups excluding carboxylic acids is 1. The molecule has 1 N–H and O–H groups in total. The van der Waals surface area contributed by atoms with Crippen molar-refractivity contribution in [2.24, 2.45) is 0 Å². The van der Waals surface area contributed by atoms with Crippen LogP contribution in [0.25, 0.3) is 0 Å². The minimum absolute atomic E-state index is 0.0782. The quantitative estimate of drug-likeness (QED) is 0.834. The molecule has 0 radical (unpaired) electrons. The molecule has 0 spiro atoms. The van der Waals surface area contributed by atoms with Crippen molar-refractivity contribution in [1.29, 1.82) is 0 Å². The molecule has 2 fully saturated rings. The zero-order valence-corrected chi connectivity index (χ0v) is 14.2. The Morgan fingerprint density at radius 2 is 2.21 bits per heavy atom. The summed E-state index contributed by atoms with van der Waals surface area (Å²) >= 11 is 0. The van der Waals surface area contributed by atoms with Gasteiger partial charge in [-0.15, -0.1) is 0 Å². The van der Waals surface area contributed by atoms with Gasteiger partial charge in [0, 0.05) is 32.4 Å². The van der Waals surface area contributed by atoms with Gasteiger partial charge in [0.1, 0.15) is 6.10 Å². The Morgan fingerprint density at radius 1 is 1.38 bits per heavy atom. The SMILES string of the molecule is Cc1cncc(OC2CCN(CC(=O)NCC3CCCO3)CC2)n1. The van der Waals surface area contributed by atoms with Crippen LogP contribution in [0.5, 0.6) is 5.88 Å². The number of hydrogen-bond donors (Lipinski definition) is 1. The van der Waals surface area contributed by atoms with Crippen LogP contribution in [0, 0.1) is 6.92 Å². The highest BCUT2D eigenvalue weighted by Gasteiger charge is 2.23. The summed E-state index contributed by atoms with van der Waals surface area (Å²) in [5.74, 6) is 0.664. The van der Waals surface area contributed by atoms with Gasteiger partial charge in [0.25, 0.3) is 0 Å². The van der Waals surface area contributed by atoms with Crippen molar-refractivity contribution in [2.75, 3.05) is 32.8 Å². The van der Waals surface area contributed by atoms with Gasteiger partial charge in [0.05, 0.1) is 24.5 Å². The summed E-state index contributed by atoms with van der Waals surface area (Å²) in [5.41, 5.74) is 0.854. The Hall–Kier alpha value is -1.73. The van der Waals surface area contributed by atoms with E-state index in [9.17, 15) is 4.79 Å². The van der Waals surface area contributed by atoms with Crippen LogP contribution in [0.4, 0.5) is 0 Å². The average Bonchev–Trinajstić information content (AvgIpc) is 3.08. The first-order valence-corrected chi connectivity index (χ1v) is 8.75. The van der Waals surface area contributed by atoms with Gasteiger partial charge in [0.15, 0.2) is 0 Å². The van der Waals surface area contributed by atoms with Crippen LogP contribution < -0.4 is 10.1 Å². The van der Waals surface area contributed by atoms with Gasteiger partial charge in [-0.1, -0.05) is 0 Å². The maximum Gasteiger partial charge on any atom is 0.234 e. The minimum Gasteiger partial charge on any atom is -0.473 e. The van der Waals surface area contributed by atoms with Crippen LogP contribution in [-0.2, 0) is 9.53 Å². The van der Waals surface area contributed by atoms with E-state index in [1.807, 2.05) is 6.92 Å². The number of rotatable bonds is 6. The van der Waals surface area contributed by atoms with Gasteiger partial charge in [-0.25, -0.2) is 4.98 Å². The Kier molecular flexibility index (Phi) is 5.98. The fraction of sp³-hybridized carbons (Fsp3) is 0.706. The van der Waals surface area contributed by atoms with E-state index in [1.54, 1.807) is 12.4 Å². The highest BCUT2D eigenvalue weighted by Crippen LogP contribution is 2.16. The largest absolute Gasteiger partial charge is 0.473 e. The molecule has 2 saturated heterocycles. The van der Waals surface area contributed by atoms with Crippen molar-refractivity contribution in [3.05, 3.63) is 18.1 Å². The molecule has 7 nitrogen and oxygen atoms in total. The molecule has 24 heavy (non-hydrogen) atoms.